The van der Waals surface area contributed by atoms with E-state index in [0.29, 0.717) is 5.41 Å². The number of hydrogen-bond donors (Lipinski definition) is 1. The summed E-state index contributed by atoms with van der Waals surface area (Å²) in [6.07, 6.45) is 6.86. The smallest absolute Gasteiger partial charge is 0.000663 e. The van der Waals surface area contributed by atoms with Crippen LogP contribution in [0.25, 0.3) is 0 Å². The molecule has 1 rings (SSSR count). The van der Waals surface area contributed by atoms with Gasteiger partial charge in [-0.1, -0.05) is 26.7 Å². The highest BCUT2D eigenvalue weighted by Gasteiger charge is 2.30. The van der Waals surface area contributed by atoms with E-state index < -0.39 is 0 Å². The zero-order valence-corrected chi connectivity index (χ0v) is 10.8. The minimum atomic E-state index is 0.680. The highest BCUT2D eigenvalue weighted by Crippen LogP contribution is 2.37. The molecule has 15 heavy (non-hydrogen) atoms. The Morgan fingerprint density at radius 3 is 2.20 bits per heavy atom. The Bertz CT molecular complexity index is 154. The van der Waals surface area contributed by atoms with Gasteiger partial charge in [-0.3, -0.25) is 0 Å². The molecule has 1 heterocycles. The largest absolute Gasteiger partial charge is 0.320 e. The van der Waals surface area contributed by atoms with Crippen LogP contribution in [0.3, 0.4) is 0 Å². The molecule has 0 amide bonds. The second-order valence-electron chi connectivity index (χ2n) is 5.01. The van der Waals surface area contributed by atoms with Crippen molar-refractivity contribution in [1.29, 1.82) is 0 Å². The van der Waals surface area contributed by atoms with Crippen LogP contribution in [0, 0.1) is 5.41 Å². The van der Waals surface area contributed by atoms with E-state index >= 15 is 0 Å². The molecule has 1 aliphatic rings. The summed E-state index contributed by atoms with van der Waals surface area (Å²) >= 11 is 0. The van der Waals surface area contributed by atoms with Crippen LogP contribution in [-0.4, -0.2) is 38.1 Å². The molecule has 0 unspecified atom stereocenters. The molecule has 1 saturated heterocycles. The van der Waals surface area contributed by atoms with E-state index in [1.165, 1.54) is 51.7 Å². The van der Waals surface area contributed by atoms with Crippen molar-refractivity contribution in [3.05, 3.63) is 0 Å². The van der Waals surface area contributed by atoms with E-state index in [1.807, 2.05) is 7.05 Å². The van der Waals surface area contributed by atoms with Crippen LogP contribution in [0.4, 0.5) is 0 Å². The van der Waals surface area contributed by atoms with Crippen molar-refractivity contribution < 1.29 is 0 Å². The molecule has 0 bridgehead atoms. The number of nitrogens with one attached hydrogen (secondary N) is 1. The van der Waals surface area contributed by atoms with Crippen LogP contribution in [0.15, 0.2) is 0 Å². The van der Waals surface area contributed by atoms with Gasteiger partial charge in [-0.05, 0) is 57.9 Å². The molecular formula is C13H28N2. The second-order valence-corrected chi connectivity index (χ2v) is 5.01. The summed E-state index contributed by atoms with van der Waals surface area (Å²) in [6.45, 7) is 9.81. The van der Waals surface area contributed by atoms with Crippen molar-refractivity contribution in [2.75, 3.05) is 33.2 Å². The maximum absolute atomic E-state index is 3.22. The molecule has 0 aliphatic carbocycles. The fourth-order valence-corrected chi connectivity index (χ4v) is 2.69. The Morgan fingerprint density at radius 2 is 1.73 bits per heavy atom. The van der Waals surface area contributed by atoms with E-state index in [4.69, 9.17) is 0 Å². The molecule has 0 aromatic rings. The fraction of sp³-hybridized carbons (Fsp3) is 1.00. The molecular weight excluding hydrogens is 184 g/mol. The van der Waals surface area contributed by atoms with Gasteiger partial charge >= 0.3 is 0 Å². The van der Waals surface area contributed by atoms with E-state index in [9.17, 15) is 0 Å². The van der Waals surface area contributed by atoms with Crippen molar-refractivity contribution in [3.8, 4) is 0 Å². The molecule has 2 nitrogen and oxygen atoms in total. The summed E-state index contributed by atoms with van der Waals surface area (Å²) in [7, 11) is 2.04. The normalized spacial score (nSPS) is 21.8. The Kier molecular flexibility index (Phi) is 5.62. The second kappa shape index (κ2) is 6.49. The van der Waals surface area contributed by atoms with E-state index in [-0.39, 0.29) is 0 Å². The van der Waals surface area contributed by atoms with Gasteiger partial charge < -0.3 is 10.2 Å². The van der Waals surface area contributed by atoms with Gasteiger partial charge in [0.1, 0.15) is 0 Å². The summed E-state index contributed by atoms with van der Waals surface area (Å²) in [4.78, 5) is 2.64. The van der Waals surface area contributed by atoms with Gasteiger partial charge in [-0.25, -0.2) is 0 Å². The van der Waals surface area contributed by atoms with Crippen molar-refractivity contribution in [2.24, 2.45) is 5.41 Å². The lowest BCUT2D eigenvalue weighted by atomic mass is 9.74. The Morgan fingerprint density at radius 1 is 1.13 bits per heavy atom. The molecule has 0 atom stereocenters. The minimum Gasteiger partial charge on any atom is -0.320 e. The molecule has 0 saturated carbocycles. The maximum atomic E-state index is 3.22. The topological polar surface area (TPSA) is 15.3 Å². The number of rotatable bonds is 6. The van der Waals surface area contributed by atoms with Crippen molar-refractivity contribution >= 4 is 0 Å². The Balaban J connectivity index is 2.22. The lowest BCUT2D eigenvalue weighted by molar-refractivity contribution is 0.0948. The predicted octanol–water partition coefficient (Wildman–Crippen LogP) is 2.50. The van der Waals surface area contributed by atoms with E-state index in [0.717, 1.165) is 6.54 Å². The average Bonchev–Trinajstić information content (AvgIpc) is 2.31. The molecule has 0 aromatic carbocycles. The highest BCUT2D eigenvalue weighted by atomic mass is 15.1. The lowest BCUT2D eigenvalue weighted by Gasteiger charge is -2.41. The van der Waals surface area contributed by atoms with Crippen LogP contribution in [-0.2, 0) is 0 Å². The molecule has 0 aromatic heterocycles. The molecule has 90 valence electrons. The summed E-state index contributed by atoms with van der Waals surface area (Å²) in [5, 5.41) is 3.22. The zero-order chi connectivity index (χ0) is 11.1. The Hall–Kier alpha value is -0.0800. The van der Waals surface area contributed by atoms with Crippen LogP contribution >= 0.6 is 0 Å². The van der Waals surface area contributed by atoms with Crippen LogP contribution in [0.5, 0.6) is 0 Å². The van der Waals surface area contributed by atoms with E-state index in [1.54, 1.807) is 0 Å². The summed E-state index contributed by atoms with van der Waals surface area (Å²) in [6, 6.07) is 0. The summed E-state index contributed by atoms with van der Waals surface area (Å²) in [5.41, 5.74) is 0.680. The van der Waals surface area contributed by atoms with E-state index in [2.05, 4.69) is 24.1 Å². The monoisotopic (exact) mass is 212 g/mol. The lowest BCUT2D eigenvalue weighted by Crippen LogP contribution is -2.40. The first-order chi connectivity index (χ1) is 7.26. The highest BCUT2D eigenvalue weighted by molar-refractivity contribution is 4.83. The van der Waals surface area contributed by atoms with Crippen LogP contribution in [0.2, 0.25) is 0 Å². The molecule has 1 aliphatic heterocycles. The molecule has 0 spiro atoms. The van der Waals surface area contributed by atoms with Gasteiger partial charge in [0.05, 0.1) is 0 Å². The summed E-state index contributed by atoms with van der Waals surface area (Å²) < 4.78 is 0. The molecule has 1 N–H and O–H groups in total. The van der Waals surface area contributed by atoms with Gasteiger partial charge in [-0.15, -0.1) is 0 Å². The zero-order valence-electron chi connectivity index (χ0n) is 10.8. The fourth-order valence-electron chi connectivity index (χ4n) is 2.69. The number of likely N-dealkylation sites (tertiary alicyclic amines) is 1. The minimum absolute atomic E-state index is 0.680. The number of piperidine rings is 1. The third kappa shape index (κ3) is 3.76. The number of nitrogens with zero attached hydrogens (tertiary/aromatic N) is 1. The number of hydrogen-bond acceptors (Lipinski definition) is 2. The van der Waals surface area contributed by atoms with Crippen molar-refractivity contribution in [1.82, 2.24) is 10.2 Å². The van der Waals surface area contributed by atoms with Crippen molar-refractivity contribution in [3.63, 3.8) is 0 Å². The van der Waals surface area contributed by atoms with Crippen LogP contribution < -0.4 is 5.32 Å². The first-order valence-corrected chi connectivity index (χ1v) is 6.63. The predicted molar refractivity (Wildman–Crippen MR) is 67.2 cm³/mol. The molecule has 0 radical (unpaired) electrons. The van der Waals surface area contributed by atoms with Crippen LogP contribution in [0.1, 0.15) is 46.0 Å². The SMILES string of the molecule is CCC1(CC)CCN(CCCNC)CC1. The molecule has 2 heteroatoms. The first-order valence-electron chi connectivity index (χ1n) is 6.63. The third-order valence-electron chi connectivity index (χ3n) is 4.32. The Labute approximate surface area is 95.4 Å². The van der Waals surface area contributed by atoms with Gasteiger partial charge in [0.25, 0.3) is 0 Å². The maximum Gasteiger partial charge on any atom is -0.000663 e. The van der Waals surface area contributed by atoms with Crippen molar-refractivity contribution in [2.45, 2.75) is 46.0 Å². The van der Waals surface area contributed by atoms with Gasteiger partial charge in [0.2, 0.25) is 0 Å². The van der Waals surface area contributed by atoms with Gasteiger partial charge in [0.15, 0.2) is 0 Å². The molecule has 1 fully saturated rings. The average molecular weight is 212 g/mol. The quantitative estimate of drug-likeness (QED) is 0.681. The first kappa shape index (κ1) is 13.0. The standard InChI is InChI=1S/C13H28N2/c1-4-13(5-2)7-11-15(12-8-13)10-6-9-14-3/h14H,4-12H2,1-3H3. The van der Waals surface area contributed by atoms with Gasteiger partial charge in [-0.2, -0.15) is 0 Å². The third-order valence-corrected chi connectivity index (χ3v) is 4.32. The summed E-state index contributed by atoms with van der Waals surface area (Å²) in [5.74, 6) is 0. The van der Waals surface area contributed by atoms with Gasteiger partial charge in [0, 0.05) is 0 Å².